The highest BCUT2D eigenvalue weighted by Gasteiger charge is 2.09. The third-order valence-electron chi connectivity index (χ3n) is 3.38. The second-order valence-electron chi connectivity index (χ2n) is 4.93. The Morgan fingerprint density at radius 3 is 2.70 bits per heavy atom. The van der Waals surface area contributed by atoms with E-state index < -0.39 is 0 Å². The van der Waals surface area contributed by atoms with Crippen molar-refractivity contribution < 1.29 is 0 Å². The lowest BCUT2D eigenvalue weighted by Crippen LogP contribution is -2.24. The van der Waals surface area contributed by atoms with Gasteiger partial charge in [0.2, 0.25) is 0 Å². The van der Waals surface area contributed by atoms with Crippen molar-refractivity contribution in [3.05, 3.63) is 24.3 Å². The molecule has 0 radical (unpaired) electrons. The third-order valence-corrected chi connectivity index (χ3v) is 4.99. The molecule has 0 fully saturated rings. The van der Waals surface area contributed by atoms with Crippen LogP contribution < -0.4 is 10.6 Å². The number of unbranched alkanes of at least 4 members (excludes halogenated alkanes) is 1. The van der Waals surface area contributed by atoms with Gasteiger partial charge in [-0.3, -0.25) is 0 Å². The Morgan fingerprint density at radius 2 is 2.05 bits per heavy atom. The molecule has 20 heavy (non-hydrogen) atoms. The van der Waals surface area contributed by atoms with Gasteiger partial charge in [-0.25, -0.2) is 0 Å². The number of hydrogen-bond acceptors (Lipinski definition) is 2. The van der Waals surface area contributed by atoms with Gasteiger partial charge in [0, 0.05) is 17.7 Å². The predicted octanol–water partition coefficient (Wildman–Crippen LogP) is 4.91. The van der Waals surface area contributed by atoms with Gasteiger partial charge in [0.1, 0.15) is 0 Å². The molecule has 1 rings (SSSR count). The van der Waals surface area contributed by atoms with E-state index in [0.29, 0.717) is 5.11 Å². The summed E-state index contributed by atoms with van der Waals surface area (Å²) in [5.41, 5.74) is 1.10. The van der Waals surface area contributed by atoms with E-state index in [1.54, 1.807) is 0 Å². The molecule has 0 aliphatic heterocycles. The van der Waals surface area contributed by atoms with E-state index in [-0.39, 0.29) is 0 Å². The second-order valence-corrected chi connectivity index (χ2v) is 6.40. The standard InChI is InChI=1S/C16H26N2S2/c1-4-6-9-13(5-2)12-20-15-11-8-7-10-14(15)18-16(19)17-3/h7-8,10-11,13H,4-6,9,12H2,1-3H3,(H2,17,18,19). The summed E-state index contributed by atoms with van der Waals surface area (Å²) in [5, 5.41) is 6.86. The first-order valence-electron chi connectivity index (χ1n) is 7.41. The molecule has 0 amide bonds. The average molecular weight is 311 g/mol. The van der Waals surface area contributed by atoms with Gasteiger partial charge in [0.25, 0.3) is 0 Å². The fraction of sp³-hybridized carbons (Fsp3) is 0.562. The number of para-hydroxylation sites is 1. The van der Waals surface area contributed by atoms with Crippen LogP contribution in [0.15, 0.2) is 29.2 Å². The highest BCUT2D eigenvalue weighted by molar-refractivity contribution is 7.99. The zero-order valence-corrected chi connectivity index (χ0v) is 14.4. The number of nitrogens with one attached hydrogen (secondary N) is 2. The van der Waals surface area contributed by atoms with Crippen molar-refractivity contribution in [3.8, 4) is 0 Å². The summed E-state index contributed by atoms with van der Waals surface area (Å²) >= 11 is 7.11. The Kier molecular flexibility index (Phi) is 8.70. The smallest absolute Gasteiger partial charge is 0.170 e. The van der Waals surface area contributed by atoms with Gasteiger partial charge in [-0.1, -0.05) is 45.2 Å². The minimum Gasteiger partial charge on any atom is -0.366 e. The van der Waals surface area contributed by atoms with Crippen LogP contribution in [0.25, 0.3) is 0 Å². The van der Waals surface area contributed by atoms with Gasteiger partial charge in [-0.05, 0) is 36.7 Å². The van der Waals surface area contributed by atoms with Crippen molar-refractivity contribution in [3.63, 3.8) is 0 Å². The van der Waals surface area contributed by atoms with Crippen LogP contribution in [0.2, 0.25) is 0 Å². The second kappa shape index (κ2) is 10.1. The van der Waals surface area contributed by atoms with Crippen molar-refractivity contribution in [2.75, 3.05) is 18.1 Å². The lowest BCUT2D eigenvalue weighted by molar-refractivity contribution is 0.499. The van der Waals surface area contributed by atoms with Gasteiger partial charge in [0.05, 0.1) is 5.69 Å². The van der Waals surface area contributed by atoms with Crippen molar-refractivity contribution in [1.82, 2.24) is 5.32 Å². The first-order chi connectivity index (χ1) is 9.71. The molecule has 2 N–H and O–H groups in total. The number of thioether (sulfide) groups is 1. The van der Waals surface area contributed by atoms with Gasteiger partial charge in [0.15, 0.2) is 5.11 Å². The van der Waals surface area contributed by atoms with E-state index in [1.807, 2.05) is 24.9 Å². The molecule has 0 aliphatic carbocycles. The van der Waals surface area contributed by atoms with E-state index in [1.165, 1.54) is 36.3 Å². The molecule has 0 saturated heterocycles. The molecule has 112 valence electrons. The van der Waals surface area contributed by atoms with Crippen LogP contribution in [0, 0.1) is 5.92 Å². The summed E-state index contributed by atoms with van der Waals surface area (Å²) in [7, 11) is 1.84. The summed E-state index contributed by atoms with van der Waals surface area (Å²) in [6.45, 7) is 4.55. The molecular weight excluding hydrogens is 284 g/mol. The topological polar surface area (TPSA) is 24.1 Å². The molecule has 0 heterocycles. The largest absolute Gasteiger partial charge is 0.366 e. The summed E-state index contributed by atoms with van der Waals surface area (Å²) in [5.74, 6) is 1.99. The SMILES string of the molecule is CCCCC(CC)CSc1ccccc1NC(=S)NC. The molecule has 1 aromatic rings. The predicted molar refractivity (Wildman–Crippen MR) is 95.8 cm³/mol. The lowest BCUT2D eigenvalue weighted by Gasteiger charge is -2.16. The van der Waals surface area contributed by atoms with Gasteiger partial charge < -0.3 is 10.6 Å². The molecule has 4 heteroatoms. The van der Waals surface area contributed by atoms with Crippen LogP contribution in [0.4, 0.5) is 5.69 Å². The summed E-state index contributed by atoms with van der Waals surface area (Å²) in [4.78, 5) is 1.28. The number of hydrogen-bond donors (Lipinski definition) is 2. The number of anilines is 1. The van der Waals surface area contributed by atoms with Crippen molar-refractivity contribution in [2.24, 2.45) is 5.92 Å². The number of thiocarbonyl (C=S) groups is 1. The van der Waals surface area contributed by atoms with Crippen molar-refractivity contribution in [2.45, 2.75) is 44.4 Å². The Bertz CT molecular complexity index is 407. The minimum atomic E-state index is 0.663. The highest BCUT2D eigenvalue weighted by Crippen LogP contribution is 2.30. The molecule has 1 unspecified atom stereocenters. The summed E-state index contributed by atoms with van der Waals surface area (Å²) in [6, 6.07) is 8.37. The Morgan fingerprint density at radius 1 is 1.30 bits per heavy atom. The minimum absolute atomic E-state index is 0.663. The molecule has 0 spiro atoms. The molecule has 0 aliphatic rings. The number of benzene rings is 1. The first kappa shape index (κ1) is 17.3. The highest BCUT2D eigenvalue weighted by atomic mass is 32.2. The Balaban J connectivity index is 2.60. The monoisotopic (exact) mass is 310 g/mol. The maximum absolute atomic E-state index is 5.18. The number of rotatable bonds is 8. The average Bonchev–Trinajstić information content (AvgIpc) is 2.48. The van der Waals surface area contributed by atoms with Crippen LogP contribution in [-0.4, -0.2) is 17.9 Å². The summed E-state index contributed by atoms with van der Waals surface area (Å²) in [6.07, 6.45) is 5.22. The van der Waals surface area contributed by atoms with E-state index in [9.17, 15) is 0 Å². The maximum atomic E-state index is 5.18. The zero-order chi connectivity index (χ0) is 14.8. The Hall–Kier alpha value is -0.740. The van der Waals surface area contributed by atoms with Crippen molar-refractivity contribution >= 4 is 34.8 Å². The van der Waals surface area contributed by atoms with Gasteiger partial charge >= 0.3 is 0 Å². The normalized spacial score (nSPS) is 11.9. The summed E-state index contributed by atoms with van der Waals surface area (Å²) < 4.78 is 0. The first-order valence-corrected chi connectivity index (χ1v) is 8.81. The molecular formula is C16H26N2S2. The molecule has 2 nitrogen and oxygen atoms in total. The van der Waals surface area contributed by atoms with Crippen LogP contribution in [0.5, 0.6) is 0 Å². The van der Waals surface area contributed by atoms with Crippen LogP contribution in [0.1, 0.15) is 39.5 Å². The van der Waals surface area contributed by atoms with Crippen LogP contribution in [-0.2, 0) is 0 Å². The molecule has 0 aromatic heterocycles. The maximum Gasteiger partial charge on any atom is 0.170 e. The fourth-order valence-corrected chi connectivity index (χ4v) is 3.36. The van der Waals surface area contributed by atoms with Crippen molar-refractivity contribution in [1.29, 1.82) is 0 Å². The molecule has 1 atom stereocenters. The Labute approximate surface area is 133 Å². The van der Waals surface area contributed by atoms with E-state index in [4.69, 9.17) is 12.2 Å². The zero-order valence-electron chi connectivity index (χ0n) is 12.7. The van der Waals surface area contributed by atoms with E-state index >= 15 is 0 Å². The lowest BCUT2D eigenvalue weighted by atomic mass is 10.0. The molecule has 1 aromatic carbocycles. The van der Waals surface area contributed by atoms with E-state index in [2.05, 4.69) is 42.7 Å². The molecule has 0 bridgehead atoms. The fourth-order valence-electron chi connectivity index (χ4n) is 1.99. The van der Waals surface area contributed by atoms with Crippen LogP contribution in [0.3, 0.4) is 0 Å². The third kappa shape index (κ3) is 6.14. The van der Waals surface area contributed by atoms with Gasteiger partial charge in [-0.15, -0.1) is 11.8 Å². The quantitative estimate of drug-likeness (QED) is 0.526. The van der Waals surface area contributed by atoms with Gasteiger partial charge in [-0.2, -0.15) is 0 Å². The van der Waals surface area contributed by atoms with Crippen LogP contribution >= 0.6 is 24.0 Å². The van der Waals surface area contributed by atoms with E-state index in [0.717, 1.165) is 11.6 Å². The molecule has 0 saturated carbocycles.